The fourth-order valence-corrected chi connectivity index (χ4v) is 6.37. The highest BCUT2D eigenvalue weighted by Crippen LogP contribution is 2.30. The van der Waals surface area contributed by atoms with Crippen molar-refractivity contribution in [2.24, 2.45) is 0 Å². The molecule has 0 bridgehead atoms. The minimum Gasteiger partial charge on any atom is -0.350 e. The van der Waals surface area contributed by atoms with Crippen LogP contribution in [0.4, 0.5) is 5.69 Å². The van der Waals surface area contributed by atoms with Crippen LogP contribution in [0.15, 0.2) is 71.6 Å². The maximum absolute atomic E-state index is 13.6. The van der Waals surface area contributed by atoms with Crippen LogP contribution in [0, 0.1) is 13.8 Å². The number of aryl methyl sites for hydroxylation is 1. The maximum atomic E-state index is 13.6. The number of nitrogens with one attached hydrogen (secondary N) is 2. The number of rotatable bonds is 11. The van der Waals surface area contributed by atoms with Gasteiger partial charge >= 0.3 is 0 Å². The van der Waals surface area contributed by atoms with Crippen LogP contribution in [0.5, 0.6) is 0 Å². The molecule has 0 saturated heterocycles. The van der Waals surface area contributed by atoms with Gasteiger partial charge in [-0.25, -0.2) is 21.6 Å². The van der Waals surface area contributed by atoms with Gasteiger partial charge in [0.25, 0.3) is 15.9 Å². The Morgan fingerprint density at radius 2 is 1.54 bits per heavy atom. The zero-order valence-corrected chi connectivity index (χ0v) is 24.2. The molecule has 2 N–H and O–H groups in total. The molecular formula is C27H30ClN3O6S2. The van der Waals surface area contributed by atoms with Crippen molar-refractivity contribution in [1.29, 1.82) is 0 Å². The van der Waals surface area contributed by atoms with Crippen molar-refractivity contribution in [2.45, 2.75) is 38.6 Å². The number of benzene rings is 3. The molecule has 3 rings (SSSR count). The third-order valence-electron chi connectivity index (χ3n) is 5.83. The molecule has 0 fully saturated rings. The molecule has 0 aliphatic rings. The number of carbonyl (C=O) groups excluding carboxylic acids is 2. The standard InChI is InChI=1S/C27H30ClN3O6S2/c1-4-16-38(34,35)30-27(33)22-12-10-21(11-13-22)17-29-26(32)18-31(25-7-5-6-24(28)20(25)3)39(36,37)23-14-8-19(2)9-15-23/h5-15H,4,16-18H2,1-3H3,(H,29,32)(H,30,33). The van der Waals surface area contributed by atoms with Crippen molar-refractivity contribution in [3.63, 3.8) is 0 Å². The average Bonchev–Trinajstić information content (AvgIpc) is 2.88. The van der Waals surface area contributed by atoms with Gasteiger partial charge in [-0.3, -0.25) is 13.9 Å². The van der Waals surface area contributed by atoms with Gasteiger partial charge in [-0.1, -0.05) is 54.4 Å². The van der Waals surface area contributed by atoms with Gasteiger partial charge in [0.05, 0.1) is 16.3 Å². The Bertz CT molecular complexity index is 1560. The van der Waals surface area contributed by atoms with E-state index in [1.165, 1.54) is 24.3 Å². The number of anilines is 1. The normalized spacial score (nSPS) is 11.6. The quantitative estimate of drug-likeness (QED) is 0.347. The highest BCUT2D eigenvalue weighted by atomic mass is 35.5. The van der Waals surface area contributed by atoms with Crippen LogP contribution in [0.3, 0.4) is 0 Å². The van der Waals surface area contributed by atoms with Gasteiger partial charge < -0.3 is 5.32 Å². The predicted molar refractivity (Wildman–Crippen MR) is 152 cm³/mol. The second kappa shape index (κ2) is 12.6. The van der Waals surface area contributed by atoms with Crippen molar-refractivity contribution >= 4 is 49.1 Å². The van der Waals surface area contributed by atoms with Gasteiger partial charge in [0.15, 0.2) is 0 Å². The summed E-state index contributed by atoms with van der Waals surface area (Å²) in [5.41, 5.74) is 2.46. The third kappa shape index (κ3) is 7.81. The van der Waals surface area contributed by atoms with E-state index in [-0.39, 0.29) is 28.4 Å². The topological polar surface area (TPSA) is 130 Å². The first-order valence-electron chi connectivity index (χ1n) is 12.1. The number of hydrogen-bond acceptors (Lipinski definition) is 6. The molecule has 0 radical (unpaired) electrons. The van der Waals surface area contributed by atoms with E-state index in [2.05, 4.69) is 5.32 Å². The Morgan fingerprint density at radius 1 is 0.897 bits per heavy atom. The molecule has 208 valence electrons. The van der Waals surface area contributed by atoms with Crippen molar-refractivity contribution in [3.8, 4) is 0 Å². The molecule has 39 heavy (non-hydrogen) atoms. The van der Waals surface area contributed by atoms with Crippen molar-refractivity contribution in [3.05, 3.63) is 94.0 Å². The van der Waals surface area contributed by atoms with E-state index >= 15 is 0 Å². The van der Waals surface area contributed by atoms with E-state index in [4.69, 9.17) is 11.6 Å². The molecular weight excluding hydrogens is 562 g/mol. The molecule has 0 heterocycles. The first kappa shape index (κ1) is 30.1. The van der Waals surface area contributed by atoms with Crippen LogP contribution in [-0.4, -0.2) is 40.9 Å². The second-order valence-corrected chi connectivity index (χ2v) is 13.0. The largest absolute Gasteiger partial charge is 0.350 e. The first-order chi connectivity index (χ1) is 18.3. The molecule has 0 aliphatic carbocycles. The van der Waals surface area contributed by atoms with E-state index in [0.717, 1.165) is 9.87 Å². The molecule has 0 aromatic heterocycles. The molecule has 0 unspecified atom stereocenters. The lowest BCUT2D eigenvalue weighted by atomic mass is 10.1. The minimum atomic E-state index is -4.10. The monoisotopic (exact) mass is 591 g/mol. The number of sulfonamides is 2. The molecule has 3 aromatic rings. The number of halogens is 1. The Hall–Kier alpha value is -3.41. The number of nitrogens with zero attached hydrogens (tertiary/aromatic N) is 1. The summed E-state index contributed by atoms with van der Waals surface area (Å²) in [5.74, 6) is -1.46. The molecule has 3 aromatic carbocycles. The average molecular weight is 592 g/mol. The summed E-state index contributed by atoms with van der Waals surface area (Å²) in [6, 6.07) is 17.2. The van der Waals surface area contributed by atoms with Crippen molar-refractivity contribution < 1.29 is 26.4 Å². The Kier molecular flexibility index (Phi) is 9.76. The van der Waals surface area contributed by atoms with E-state index in [1.54, 1.807) is 56.3 Å². The Labute approximate surface area is 234 Å². The summed E-state index contributed by atoms with van der Waals surface area (Å²) in [5, 5.41) is 3.06. The fourth-order valence-electron chi connectivity index (χ4n) is 3.68. The van der Waals surface area contributed by atoms with Crippen LogP contribution >= 0.6 is 11.6 Å². The lowest BCUT2D eigenvalue weighted by Gasteiger charge is -2.26. The fraction of sp³-hybridized carbons (Fsp3) is 0.259. The highest BCUT2D eigenvalue weighted by Gasteiger charge is 2.28. The molecule has 9 nitrogen and oxygen atoms in total. The zero-order chi connectivity index (χ0) is 28.8. The SMILES string of the molecule is CCCS(=O)(=O)NC(=O)c1ccc(CNC(=O)CN(c2cccc(Cl)c2C)S(=O)(=O)c2ccc(C)cc2)cc1. The molecule has 12 heteroatoms. The van der Waals surface area contributed by atoms with E-state index < -0.39 is 38.4 Å². The number of amides is 2. The van der Waals surface area contributed by atoms with Gasteiger partial charge in [0.1, 0.15) is 6.54 Å². The summed E-state index contributed by atoms with van der Waals surface area (Å²) < 4.78 is 53.9. The van der Waals surface area contributed by atoms with Gasteiger partial charge in [-0.15, -0.1) is 0 Å². The summed E-state index contributed by atoms with van der Waals surface area (Å²) in [6.45, 7) is 4.78. The lowest BCUT2D eigenvalue weighted by Crippen LogP contribution is -2.41. The first-order valence-corrected chi connectivity index (χ1v) is 15.6. The van der Waals surface area contributed by atoms with Crippen LogP contribution in [0.2, 0.25) is 5.02 Å². The van der Waals surface area contributed by atoms with Gasteiger partial charge in [0, 0.05) is 17.1 Å². The maximum Gasteiger partial charge on any atom is 0.264 e. The zero-order valence-electron chi connectivity index (χ0n) is 21.8. The van der Waals surface area contributed by atoms with Crippen molar-refractivity contribution in [2.75, 3.05) is 16.6 Å². The van der Waals surface area contributed by atoms with Crippen molar-refractivity contribution in [1.82, 2.24) is 10.0 Å². The van der Waals surface area contributed by atoms with Crippen LogP contribution < -0.4 is 14.3 Å². The number of carbonyl (C=O) groups is 2. The molecule has 0 saturated carbocycles. The minimum absolute atomic E-state index is 0.0371. The highest BCUT2D eigenvalue weighted by molar-refractivity contribution is 7.93. The smallest absolute Gasteiger partial charge is 0.264 e. The summed E-state index contributed by atoms with van der Waals surface area (Å²) >= 11 is 6.25. The lowest BCUT2D eigenvalue weighted by molar-refractivity contribution is -0.119. The number of hydrogen-bond donors (Lipinski definition) is 2. The van der Waals surface area contributed by atoms with Gasteiger partial charge in [-0.2, -0.15) is 0 Å². The van der Waals surface area contributed by atoms with Crippen LogP contribution in [0.25, 0.3) is 0 Å². The summed E-state index contributed by atoms with van der Waals surface area (Å²) in [6.07, 6.45) is 0.377. The molecule has 2 amide bonds. The second-order valence-electron chi connectivity index (χ2n) is 8.93. The van der Waals surface area contributed by atoms with Gasteiger partial charge in [-0.05, 0) is 67.8 Å². The Morgan fingerprint density at radius 3 is 2.15 bits per heavy atom. The van der Waals surface area contributed by atoms with Crippen LogP contribution in [0.1, 0.15) is 40.4 Å². The summed E-state index contributed by atoms with van der Waals surface area (Å²) in [4.78, 5) is 25.2. The van der Waals surface area contributed by atoms with E-state index in [1.807, 2.05) is 11.6 Å². The molecule has 0 spiro atoms. The predicted octanol–water partition coefficient (Wildman–Crippen LogP) is 3.94. The van der Waals surface area contributed by atoms with E-state index in [0.29, 0.717) is 22.6 Å². The molecule has 0 aliphatic heterocycles. The van der Waals surface area contributed by atoms with Crippen LogP contribution in [-0.2, 0) is 31.4 Å². The van der Waals surface area contributed by atoms with E-state index in [9.17, 15) is 26.4 Å². The van der Waals surface area contributed by atoms with Gasteiger partial charge in [0.2, 0.25) is 15.9 Å². The Balaban J connectivity index is 1.76. The molecule has 0 atom stereocenters. The third-order valence-corrected chi connectivity index (χ3v) is 9.46. The summed E-state index contributed by atoms with van der Waals surface area (Å²) in [7, 11) is -7.81.